The van der Waals surface area contributed by atoms with Crippen LogP contribution in [-0.4, -0.2) is 34.8 Å². The average molecular weight is 261 g/mol. The van der Waals surface area contributed by atoms with Crippen molar-refractivity contribution in [2.75, 3.05) is 7.05 Å². The second-order valence-electron chi connectivity index (χ2n) is 5.19. The smallest absolute Gasteiger partial charge is 0.335 e. The van der Waals surface area contributed by atoms with Gasteiger partial charge in [-0.3, -0.25) is 9.69 Å². The highest BCUT2D eigenvalue weighted by Crippen LogP contribution is 2.21. The van der Waals surface area contributed by atoms with Gasteiger partial charge >= 0.3 is 5.97 Å². The fourth-order valence-corrected chi connectivity index (χ4v) is 2.54. The Kier molecular flexibility index (Phi) is 4.32. The summed E-state index contributed by atoms with van der Waals surface area (Å²) in [6.07, 6.45) is 3.24. The number of carbonyl (C=O) groups excluding carboxylic acids is 1. The quantitative estimate of drug-likeness (QED) is 0.903. The van der Waals surface area contributed by atoms with Crippen molar-refractivity contribution in [3.63, 3.8) is 0 Å². The number of ketones is 1. The van der Waals surface area contributed by atoms with Crippen molar-refractivity contribution < 1.29 is 14.7 Å². The van der Waals surface area contributed by atoms with Crippen molar-refractivity contribution in [3.8, 4) is 0 Å². The maximum absolute atomic E-state index is 11.2. The highest BCUT2D eigenvalue weighted by atomic mass is 16.4. The molecule has 0 aliphatic heterocycles. The highest BCUT2D eigenvalue weighted by Gasteiger charge is 2.22. The summed E-state index contributed by atoms with van der Waals surface area (Å²) in [6.45, 7) is 0.790. The van der Waals surface area contributed by atoms with Crippen molar-refractivity contribution in [1.82, 2.24) is 4.90 Å². The summed E-state index contributed by atoms with van der Waals surface area (Å²) in [6, 6.07) is 7.44. The van der Waals surface area contributed by atoms with Crippen LogP contribution in [0.1, 0.15) is 41.6 Å². The fraction of sp³-hybridized carbons (Fsp3) is 0.467. The Morgan fingerprint density at radius 1 is 1.26 bits per heavy atom. The second-order valence-corrected chi connectivity index (χ2v) is 5.19. The predicted octanol–water partition coefficient (Wildman–Crippen LogP) is 2.33. The number of aromatic carboxylic acids is 1. The molecule has 0 radical (unpaired) electrons. The Balaban J connectivity index is 1.93. The zero-order valence-electron chi connectivity index (χ0n) is 11.1. The van der Waals surface area contributed by atoms with Gasteiger partial charge in [0.1, 0.15) is 5.78 Å². The van der Waals surface area contributed by atoms with E-state index in [-0.39, 0.29) is 0 Å². The van der Waals surface area contributed by atoms with Crippen LogP contribution < -0.4 is 0 Å². The average Bonchev–Trinajstić information content (AvgIpc) is 2.40. The molecule has 1 saturated carbocycles. The molecule has 1 N–H and O–H groups in total. The van der Waals surface area contributed by atoms with Gasteiger partial charge in [-0.25, -0.2) is 4.79 Å². The standard InChI is InChI=1S/C15H19NO3/c1-16(13-6-8-14(17)9-7-13)10-11-2-4-12(5-3-11)15(18)19/h2-5,13H,6-10H2,1H3,(H,18,19). The van der Waals surface area contributed by atoms with Crippen LogP contribution in [0.2, 0.25) is 0 Å². The van der Waals surface area contributed by atoms with Gasteiger partial charge in [0.2, 0.25) is 0 Å². The second kappa shape index (κ2) is 5.97. The first-order chi connectivity index (χ1) is 9.06. The Morgan fingerprint density at radius 2 is 1.84 bits per heavy atom. The Labute approximate surface area is 113 Å². The van der Waals surface area contributed by atoms with Gasteiger partial charge in [0.05, 0.1) is 5.56 Å². The van der Waals surface area contributed by atoms with Gasteiger partial charge in [-0.15, -0.1) is 0 Å². The minimum atomic E-state index is -0.898. The summed E-state index contributed by atoms with van der Waals surface area (Å²) < 4.78 is 0. The number of benzene rings is 1. The zero-order valence-corrected chi connectivity index (χ0v) is 11.1. The van der Waals surface area contributed by atoms with E-state index in [9.17, 15) is 9.59 Å². The van der Waals surface area contributed by atoms with Crippen LogP contribution in [0.25, 0.3) is 0 Å². The van der Waals surface area contributed by atoms with Crippen molar-refractivity contribution in [2.24, 2.45) is 0 Å². The molecule has 1 aromatic carbocycles. The summed E-state index contributed by atoms with van der Waals surface area (Å²) in [7, 11) is 2.06. The monoisotopic (exact) mass is 261 g/mol. The molecule has 0 spiro atoms. The molecule has 0 bridgehead atoms. The van der Waals surface area contributed by atoms with Crippen molar-refractivity contribution in [2.45, 2.75) is 38.3 Å². The largest absolute Gasteiger partial charge is 0.478 e. The SMILES string of the molecule is CN(Cc1ccc(C(=O)O)cc1)C1CCC(=O)CC1. The predicted molar refractivity (Wildman–Crippen MR) is 72.1 cm³/mol. The van der Waals surface area contributed by atoms with Crippen LogP contribution in [0, 0.1) is 0 Å². The van der Waals surface area contributed by atoms with E-state index in [0.717, 1.165) is 24.9 Å². The maximum atomic E-state index is 11.2. The molecule has 102 valence electrons. The third-order valence-corrected chi connectivity index (χ3v) is 3.77. The van der Waals surface area contributed by atoms with Gasteiger partial charge in [-0.1, -0.05) is 12.1 Å². The number of rotatable bonds is 4. The van der Waals surface area contributed by atoms with Crippen LogP contribution in [-0.2, 0) is 11.3 Å². The molecule has 2 rings (SSSR count). The summed E-state index contributed by atoms with van der Waals surface area (Å²) in [5.74, 6) is -0.527. The normalized spacial score (nSPS) is 16.8. The molecule has 0 unspecified atom stereocenters. The van der Waals surface area contributed by atoms with Gasteiger partial charge in [0, 0.05) is 25.4 Å². The molecule has 1 aliphatic carbocycles. The van der Waals surface area contributed by atoms with E-state index < -0.39 is 5.97 Å². The van der Waals surface area contributed by atoms with Crippen molar-refractivity contribution in [1.29, 1.82) is 0 Å². The maximum Gasteiger partial charge on any atom is 0.335 e. The van der Waals surface area contributed by atoms with Crippen LogP contribution in [0.3, 0.4) is 0 Å². The van der Waals surface area contributed by atoms with Crippen LogP contribution in [0.5, 0.6) is 0 Å². The lowest BCUT2D eigenvalue weighted by Gasteiger charge is -2.30. The first kappa shape index (κ1) is 13.7. The van der Waals surface area contributed by atoms with Crippen molar-refractivity contribution in [3.05, 3.63) is 35.4 Å². The molecule has 1 fully saturated rings. The molecule has 4 nitrogen and oxygen atoms in total. The fourth-order valence-electron chi connectivity index (χ4n) is 2.54. The number of hydrogen-bond acceptors (Lipinski definition) is 3. The van der Waals surface area contributed by atoms with Crippen LogP contribution in [0.15, 0.2) is 24.3 Å². The number of hydrogen-bond donors (Lipinski definition) is 1. The third kappa shape index (κ3) is 3.64. The van der Waals surface area contributed by atoms with E-state index in [2.05, 4.69) is 11.9 Å². The van der Waals surface area contributed by atoms with E-state index in [4.69, 9.17) is 5.11 Å². The number of nitrogens with zero attached hydrogens (tertiary/aromatic N) is 1. The topological polar surface area (TPSA) is 57.6 Å². The Bertz CT molecular complexity index is 457. The summed E-state index contributed by atoms with van der Waals surface area (Å²) in [4.78, 5) is 24.2. The molecule has 0 atom stereocenters. The van der Waals surface area contributed by atoms with E-state index in [0.29, 0.717) is 30.2 Å². The van der Waals surface area contributed by atoms with E-state index >= 15 is 0 Å². The molecular formula is C15H19NO3. The molecule has 0 aromatic heterocycles. The molecule has 1 aromatic rings. The van der Waals surface area contributed by atoms with Crippen LogP contribution in [0.4, 0.5) is 0 Å². The molecule has 0 amide bonds. The number of Topliss-reactive ketones (excluding diaryl/α,β-unsaturated/α-hetero) is 1. The zero-order chi connectivity index (χ0) is 13.8. The molecule has 1 aliphatic rings. The lowest BCUT2D eigenvalue weighted by atomic mass is 9.93. The lowest BCUT2D eigenvalue weighted by molar-refractivity contribution is -0.121. The summed E-state index contributed by atoms with van der Waals surface area (Å²) in [5, 5.41) is 8.84. The molecular weight excluding hydrogens is 242 g/mol. The van der Waals surface area contributed by atoms with Gasteiger partial charge in [0.15, 0.2) is 0 Å². The third-order valence-electron chi connectivity index (χ3n) is 3.77. The molecule has 19 heavy (non-hydrogen) atoms. The minimum Gasteiger partial charge on any atom is -0.478 e. The van der Waals surface area contributed by atoms with E-state index in [1.54, 1.807) is 12.1 Å². The van der Waals surface area contributed by atoms with E-state index in [1.165, 1.54) is 0 Å². The highest BCUT2D eigenvalue weighted by molar-refractivity contribution is 5.87. The molecule has 0 saturated heterocycles. The first-order valence-electron chi connectivity index (χ1n) is 6.60. The molecule has 0 heterocycles. The van der Waals surface area contributed by atoms with Crippen LogP contribution >= 0.6 is 0 Å². The first-order valence-corrected chi connectivity index (χ1v) is 6.60. The molecule has 4 heteroatoms. The van der Waals surface area contributed by atoms with Gasteiger partial charge in [-0.2, -0.15) is 0 Å². The van der Waals surface area contributed by atoms with Gasteiger partial charge < -0.3 is 5.11 Å². The minimum absolute atomic E-state index is 0.315. The Hall–Kier alpha value is -1.68. The van der Waals surface area contributed by atoms with Gasteiger partial charge in [0.25, 0.3) is 0 Å². The van der Waals surface area contributed by atoms with E-state index in [1.807, 2.05) is 12.1 Å². The summed E-state index contributed by atoms with van der Waals surface area (Å²) in [5.41, 5.74) is 1.42. The van der Waals surface area contributed by atoms with Gasteiger partial charge in [-0.05, 0) is 37.6 Å². The lowest BCUT2D eigenvalue weighted by Crippen LogP contribution is -2.34. The number of carboxylic acids is 1. The van der Waals surface area contributed by atoms with Crippen molar-refractivity contribution >= 4 is 11.8 Å². The number of carbonyl (C=O) groups is 2. The number of carboxylic acid groups (broad SMARTS) is 1. The summed E-state index contributed by atoms with van der Waals surface area (Å²) >= 11 is 0. The Morgan fingerprint density at radius 3 is 2.37 bits per heavy atom.